The SMILES string of the molecule is CCN(CC)CC(=O)N1CCN(C(=O)[C@@H](N)C(C)C)CC1.Cl. The first-order chi connectivity index (χ1) is 9.90. The lowest BCUT2D eigenvalue weighted by Crippen LogP contribution is -2.56. The Kier molecular flexibility index (Phi) is 9.64. The second-order valence-electron chi connectivity index (χ2n) is 5.94. The van der Waals surface area contributed by atoms with Gasteiger partial charge in [-0.1, -0.05) is 27.7 Å². The van der Waals surface area contributed by atoms with E-state index in [1.54, 1.807) is 4.90 Å². The van der Waals surface area contributed by atoms with E-state index in [4.69, 9.17) is 5.73 Å². The molecule has 0 saturated carbocycles. The molecule has 1 aliphatic heterocycles. The third-order valence-corrected chi connectivity index (χ3v) is 4.20. The van der Waals surface area contributed by atoms with Crippen LogP contribution in [0.1, 0.15) is 27.7 Å². The van der Waals surface area contributed by atoms with Crippen LogP contribution in [-0.2, 0) is 9.59 Å². The molecule has 130 valence electrons. The Morgan fingerprint density at radius 3 is 1.91 bits per heavy atom. The van der Waals surface area contributed by atoms with Crippen molar-refractivity contribution >= 4 is 24.2 Å². The van der Waals surface area contributed by atoms with Gasteiger partial charge in [0, 0.05) is 26.2 Å². The van der Waals surface area contributed by atoms with Gasteiger partial charge in [0.15, 0.2) is 0 Å². The van der Waals surface area contributed by atoms with E-state index in [1.807, 2.05) is 18.7 Å². The Hall–Kier alpha value is -0.850. The van der Waals surface area contributed by atoms with Gasteiger partial charge in [0.1, 0.15) is 0 Å². The first kappa shape index (κ1) is 21.1. The van der Waals surface area contributed by atoms with Crippen LogP contribution in [0.25, 0.3) is 0 Å². The van der Waals surface area contributed by atoms with Crippen molar-refractivity contribution in [3.05, 3.63) is 0 Å². The fraction of sp³-hybridized carbons (Fsp3) is 0.867. The molecule has 0 aromatic rings. The Morgan fingerprint density at radius 2 is 1.50 bits per heavy atom. The molecule has 1 rings (SSSR count). The summed E-state index contributed by atoms with van der Waals surface area (Å²) in [4.78, 5) is 30.1. The van der Waals surface area contributed by atoms with Gasteiger partial charge in [-0.2, -0.15) is 0 Å². The Morgan fingerprint density at radius 1 is 1.05 bits per heavy atom. The normalized spacial score (nSPS) is 16.7. The Bertz CT molecular complexity index is 353. The smallest absolute Gasteiger partial charge is 0.239 e. The molecule has 0 radical (unpaired) electrons. The van der Waals surface area contributed by atoms with Crippen molar-refractivity contribution in [2.45, 2.75) is 33.7 Å². The fourth-order valence-electron chi connectivity index (χ4n) is 2.41. The number of nitrogens with zero attached hydrogens (tertiary/aromatic N) is 3. The van der Waals surface area contributed by atoms with Crippen LogP contribution in [0.2, 0.25) is 0 Å². The summed E-state index contributed by atoms with van der Waals surface area (Å²) < 4.78 is 0. The van der Waals surface area contributed by atoms with Crippen molar-refractivity contribution in [1.29, 1.82) is 0 Å². The number of piperazine rings is 1. The third kappa shape index (κ3) is 5.74. The van der Waals surface area contributed by atoms with Crippen molar-refractivity contribution in [2.24, 2.45) is 11.7 Å². The van der Waals surface area contributed by atoms with Crippen LogP contribution in [0, 0.1) is 5.92 Å². The molecule has 0 unspecified atom stereocenters. The molecule has 1 fully saturated rings. The van der Waals surface area contributed by atoms with Crippen molar-refractivity contribution in [1.82, 2.24) is 14.7 Å². The maximum Gasteiger partial charge on any atom is 0.239 e. The van der Waals surface area contributed by atoms with Crippen molar-refractivity contribution in [3.8, 4) is 0 Å². The van der Waals surface area contributed by atoms with Gasteiger partial charge in [0.2, 0.25) is 11.8 Å². The summed E-state index contributed by atoms with van der Waals surface area (Å²) in [5.74, 6) is 0.291. The van der Waals surface area contributed by atoms with E-state index in [1.165, 1.54) is 0 Å². The van der Waals surface area contributed by atoms with Gasteiger partial charge < -0.3 is 15.5 Å². The van der Waals surface area contributed by atoms with Gasteiger partial charge in [-0.3, -0.25) is 14.5 Å². The van der Waals surface area contributed by atoms with Gasteiger partial charge in [-0.05, 0) is 19.0 Å². The Labute approximate surface area is 140 Å². The maximum atomic E-state index is 12.2. The first-order valence-electron chi connectivity index (χ1n) is 7.95. The highest BCUT2D eigenvalue weighted by Crippen LogP contribution is 2.08. The minimum absolute atomic E-state index is 0. The van der Waals surface area contributed by atoms with Crippen molar-refractivity contribution < 1.29 is 9.59 Å². The first-order valence-corrected chi connectivity index (χ1v) is 7.95. The highest BCUT2D eigenvalue weighted by atomic mass is 35.5. The maximum absolute atomic E-state index is 12.2. The second-order valence-corrected chi connectivity index (χ2v) is 5.94. The zero-order valence-corrected chi connectivity index (χ0v) is 15.1. The molecule has 0 spiro atoms. The standard InChI is InChI=1S/C15H30N4O2.ClH/c1-5-17(6-2)11-13(20)18-7-9-19(10-8-18)15(21)14(16)12(3)4;/h12,14H,5-11,16H2,1-4H3;1H/t14-;/m0./s1. The summed E-state index contributed by atoms with van der Waals surface area (Å²) in [6.07, 6.45) is 0. The number of amides is 2. The van der Waals surface area contributed by atoms with Crippen LogP contribution < -0.4 is 5.73 Å². The molecule has 1 atom stereocenters. The summed E-state index contributed by atoms with van der Waals surface area (Å²) in [6, 6.07) is -0.442. The number of likely N-dealkylation sites (N-methyl/N-ethyl adjacent to an activating group) is 1. The predicted octanol–water partition coefficient (Wildman–Crippen LogP) is 0.404. The second kappa shape index (κ2) is 10.0. The van der Waals surface area contributed by atoms with E-state index in [-0.39, 0.29) is 30.1 Å². The molecule has 1 heterocycles. The fourth-order valence-corrected chi connectivity index (χ4v) is 2.41. The monoisotopic (exact) mass is 334 g/mol. The minimum atomic E-state index is -0.442. The van der Waals surface area contributed by atoms with E-state index < -0.39 is 6.04 Å². The average molecular weight is 335 g/mol. The van der Waals surface area contributed by atoms with Crippen molar-refractivity contribution in [2.75, 3.05) is 45.8 Å². The highest BCUT2D eigenvalue weighted by molar-refractivity contribution is 5.85. The van der Waals surface area contributed by atoms with Gasteiger partial charge in [0.05, 0.1) is 12.6 Å². The topological polar surface area (TPSA) is 69.9 Å². The highest BCUT2D eigenvalue weighted by Gasteiger charge is 2.28. The molecule has 1 aliphatic rings. The third-order valence-electron chi connectivity index (χ3n) is 4.20. The summed E-state index contributed by atoms with van der Waals surface area (Å²) in [6.45, 7) is 12.6. The molecule has 1 saturated heterocycles. The van der Waals surface area contributed by atoms with Crippen LogP contribution in [0.5, 0.6) is 0 Å². The van der Waals surface area contributed by atoms with E-state index >= 15 is 0 Å². The number of nitrogens with two attached hydrogens (primary N) is 1. The van der Waals surface area contributed by atoms with Gasteiger partial charge >= 0.3 is 0 Å². The van der Waals surface area contributed by atoms with Gasteiger partial charge in [-0.25, -0.2) is 0 Å². The number of carbonyl (C=O) groups excluding carboxylic acids is 2. The van der Waals surface area contributed by atoms with Gasteiger partial charge in [-0.15, -0.1) is 12.4 Å². The minimum Gasteiger partial charge on any atom is -0.338 e. The van der Waals surface area contributed by atoms with Crippen LogP contribution in [-0.4, -0.2) is 78.4 Å². The molecule has 7 heteroatoms. The lowest BCUT2D eigenvalue weighted by atomic mass is 10.0. The lowest BCUT2D eigenvalue weighted by Gasteiger charge is -2.37. The summed E-state index contributed by atoms with van der Waals surface area (Å²) in [7, 11) is 0. The Balaban J connectivity index is 0.00000441. The van der Waals surface area contributed by atoms with E-state index in [0.717, 1.165) is 13.1 Å². The van der Waals surface area contributed by atoms with Crippen LogP contribution in [0.4, 0.5) is 0 Å². The largest absolute Gasteiger partial charge is 0.338 e. The molecule has 2 amide bonds. The van der Waals surface area contributed by atoms with E-state index in [2.05, 4.69) is 18.7 Å². The van der Waals surface area contributed by atoms with Crippen LogP contribution in [0.15, 0.2) is 0 Å². The summed E-state index contributed by atoms with van der Waals surface area (Å²) in [5, 5.41) is 0. The summed E-state index contributed by atoms with van der Waals surface area (Å²) in [5.41, 5.74) is 5.91. The lowest BCUT2D eigenvalue weighted by molar-refractivity contribution is -0.141. The molecule has 0 aromatic carbocycles. The van der Waals surface area contributed by atoms with Crippen molar-refractivity contribution in [3.63, 3.8) is 0 Å². The number of halogens is 1. The zero-order chi connectivity index (χ0) is 16.0. The molecular weight excluding hydrogens is 304 g/mol. The number of hydrogen-bond acceptors (Lipinski definition) is 4. The molecule has 2 N–H and O–H groups in total. The van der Waals surface area contributed by atoms with Gasteiger partial charge in [0.25, 0.3) is 0 Å². The molecule has 0 aliphatic carbocycles. The van der Waals surface area contributed by atoms with Crippen LogP contribution >= 0.6 is 12.4 Å². The predicted molar refractivity (Wildman–Crippen MR) is 91.0 cm³/mol. The van der Waals surface area contributed by atoms with E-state index in [9.17, 15) is 9.59 Å². The molecular formula is C15H31ClN4O2. The number of rotatable bonds is 6. The molecule has 0 aromatic heterocycles. The molecule has 6 nitrogen and oxygen atoms in total. The number of hydrogen-bond donors (Lipinski definition) is 1. The zero-order valence-electron chi connectivity index (χ0n) is 14.2. The van der Waals surface area contributed by atoms with E-state index in [0.29, 0.717) is 32.7 Å². The molecule has 22 heavy (non-hydrogen) atoms. The average Bonchev–Trinajstić information content (AvgIpc) is 2.50. The van der Waals surface area contributed by atoms with Crippen LogP contribution in [0.3, 0.4) is 0 Å². The molecule has 0 bridgehead atoms. The quantitative estimate of drug-likeness (QED) is 0.763. The summed E-state index contributed by atoms with van der Waals surface area (Å²) >= 11 is 0. The number of carbonyl (C=O) groups is 2.